The zero-order valence-electron chi connectivity index (χ0n) is 5.75. The summed E-state index contributed by atoms with van der Waals surface area (Å²) in [6, 6.07) is 0. The monoisotopic (exact) mass is 230 g/mol. The van der Waals surface area contributed by atoms with Crippen molar-refractivity contribution in [2.24, 2.45) is 0 Å². The summed E-state index contributed by atoms with van der Waals surface area (Å²) in [6.45, 7) is -0.260. The molecular weight excluding hydrogens is 226 g/mol. The van der Waals surface area contributed by atoms with E-state index >= 15 is 0 Å². The first-order chi connectivity index (χ1) is 5.51. The van der Waals surface area contributed by atoms with E-state index in [-0.39, 0.29) is 6.73 Å². The molecule has 0 amide bonds. The highest BCUT2D eigenvalue weighted by molar-refractivity contribution is 8.03. The highest BCUT2D eigenvalue weighted by Gasteiger charge is 2.24. The minimum atomic E-state index is -2.36. The van der Waals surface area contributed by atoms with Gasteiger partial charge in [0.2, 0.25) is 0 Å². The predicted molar refractivity (Wildman–Crippen MR) is 45.8 cm³/mol. The van der Waals surface area contributed by atoms with E-state index in [0.717, 1.165) is 0 Å². The maximum absolute atomic E-state index is 12.6. The van der Waals surface area contributed by atoms with Crippen LogP contribution < -0.4 is 0 Å². The lowest BCUT2D eigenvalue weighted by atomic mass is 10.7. The Morgan fingerprint density at radius 2 is 2.42 bits per heavy atom. The Balaban J connectivity index is 2.64. The molecule has 1 heterocycles. The van der Waals surface area contributed by atoms with Crippen molar-refractivity contribution >= 4 is 35.0 Å². The van der Waals surface area contributed by atoms with Gasteiger partial charge in [-0.05, 0) is 11.8 Å². The molecular formula is C5H5Cl2FN2OS. The van der Waals surface area contributed by atoms with Crippen molar-refractivity contribution in [1.29, 1.82) is 0 Å². The van der Waals surface area contributed by atoms with Crippen LogP contribution in [-0.4, -0.2) is 18.8 Å². The number of halogens is 3. The highest BCUT2D eigenvalue weighted by atomic mass is 35.5. The Bertz CT molecular complexity index is 262. The lowest BCUT2D eigenvalue weighted by Gasteiger charge is -2.04. The Labute approximate surface area is 82.5 Å². The van der Waals surface area contributed by atoms with E-state index in [2.05, 4.69) is 5.10 Å². The van der Waals surface area contributed by atoms with Gasteiger partial charge in [0.1, 0.15) is 6.73 Å². The van der Waals surface area contributed by atoms with Crippen molar-refractivity contribution < 1.29 is 9.50 Å². The molecule has 1 aromatic heterocycles. The molecule has 12 heavy (non-hydrogen) atoms. The van der Waals surface area contributed by atoms with Gasteiger partial charge >= 0.3 is 3.92 Å². The number of hydrogen-bond donors (Lipinski definition) is 1. The molecule has 1 rings (SSSR count). The molecule has 1 N–H and O–H groups in total. The van der Waals surface area contributed by atoms with Gasteiger partial charge in [-0.25, -0.2) is 4.68 Å². The fourth-order valence-electron chi connectivity index (χ4n) is 0.608. The van der Waals surface area contributed by atoms with Gasteiger partial charge in [-0.1, -0.05) is 23.2 Å². The number of alkyl halides is 3. The number of nitrogens with zero attached hydrogens (tertiary/aromatic N) is 2. The average molecular weight is 231 g/mol. The van der Waals surface area contributed by atoms with Gasteiger partial charge in [0.15, 0.2) is 0 Å². The SMILES string of the molecule is OCn1cc(SC(F)(Cl)Cl)cn1. The topological polar surface area (TPSA) is 38.0 Å². The van der Waals surface area contributed by atoms with E-state index in [1.54, 1.807) is 0 Å². The van der Waals surface area contributed by atoms with Crippen molar-refractivity contribution in [3.05, 3.63) is 12.4 Å². The number of rotatable bonds is 3. The summed E-state index contributed by atoms with van der Waals surface area (Å²) >= 11 is 10.8. The Morgan fingerprint density at radius 3 is 2.83 bits per heavy atom. The van der Waals surface area contributed by atoms with E-state index in [0.29, 0.717) is 16.7 Å². The largest absolute Gasteiger partial charge is 0.374 e. The Morgan fingerprint density at radius 1 is 1.75 bits per heavy atom. The summed E-state index contributed by atoms with van der Waals surface area (Å²) in [5.74, 6) is 0. The van der Waals surface area contributed by atoms with Gasteiger partial charge in [0.05, 0.1) is 11.1 Å². The highest BCUT2D eigenvalue weighted by Crippen LogP contribution is 2.40. The fraction of sp³-hybridized carbons (Fsp3) is 0.400. The summed E-state index contributed by atoms with van der Waals surface area (Å²) in [6.07, 6.45) is 2.80. The predicted octanol–water partition coefficient (Wildman–Crippen LogP) is 1.98. The third-order valence-corrected chi connectivity index (χ3v) is 2.13. The number of thioether (sulfide) groups is 1. The summed E-state index contributed by atoms with van der Waals surface area (Å²) in [5.41, 5.74) is 0. The third kappa shape index (κ3) is 3.18. The summed E-state index contributed by atoms with van der Waals surface area (Å²) in [4.78, 5) is 0.455. The summed E-state index contributed by atoms with van der Waals surface area (Å²) in [5, 5.41) is 12.3. The van der Waals surface area contributed by atoms with E-state index in [1.165, 1.54) is 17.1 Å². The molecule has 0 fully saturated rings. The molecule has 0 atom stereocenters. The molecule has 0 aromatic carbocycles. The first-order valence-electron chi connectivity index (χ1n) is 2.90. The molecule has 7 heteroatoms. The molecule has 0 aliphatic heterocycles. The van der Waals surface area contributed by atoms with Crippen LogP contribution in [0.2, 0.25) is 0 Å². The van der Waals surface area contributed by atoms with Crippen LogP contribution in [0.4, 0.5) is 4.39 Å². The van der Waals surface area contributed by atoms with E-state index in [9.17, 15) is 4.39 Å². The van der Waals surface area contributed by atoms with Gasteiger partial charge in [-0.2, -0.15) is 9.49 Å². The van der Waals surface area contributed by atoms with E-state index in [4.69, 9.17) is 28.3 Å². The molecule has 0 aliphatic carbocycles. The summed E-state index contributed by atoms with van der Waals surface area (Å²) in [7, 11) is 0. The van der Waals surface area contributed by atoms with Gasteiger partial charge in [-0.3, -0.25) is 0 Å². The van der Waals surface area contributed by atoms with Gasteiger partial charge in [-0.15, -0.1) is 0 Å². The lowest BCUT2D eigenvalue weighted by Crippen LogP contribution is -1.96. The Hall–Kier alpha value is 0.0300. The van der Waals surface area contributed by atoms with Crippen LogP contribution in [0.5, 0.6) is 0 Å². The van der Waals surface area contributed by atoms with Crippen molar-refractivity contribution in [2.75, 3.05) is 0 Å². The smallest absolute Gasteiger partial charge is 0.309 e. The van der Waals surface area contributed by atoms with Crippen molar-refractivity contribution in [2.45, 2.75) is 15.5 Å². The first-order valence-corrected chi connectivity index (χ1v) is 4.47. The molecule has 0 unspecified atom stereocenters. The molecule has 1 aromatic rings. The maximum atomic E-state index is 12.6. The molecule has 68 valence electrons. The normalized spacial score (nSPS) is 12.0. The van der Waals surface area contributed by atoms with Gasteiger partial charge < -0.3 is 5.11 Å². The van der Waals surface area contributed by atoms with Crippen molar-refractivity contribution in [3.8, 4) is 0 Å². The van der Waals surface area contributed by atoms with Crippen LogP contribution in [0.3, 0.4) is 0 Å². The fourth-order valence-corrected chi connectivity index (χ4v) is 1.68. The van der Waals surface area contributed by atoms with Crippen LogP contribution in [0, 0.1) is 0 Å². The number of aliphatic hydroxyl groups is 1. The quantitative estimate of drug-likeness (QED) is 0.638. The minimum Gasteiger partial charge on any atom is -0.374 e. The average Bonchev–Trinajstić information content (AvgIpc) is 2.32. The maximum Gasteiger partial charge on any atom is 0.309 e. The van der Waals surface area contributed by atoms with Crippen LogP contribution >= 0.6 is 35.0 Å². The van der Waals surface area contributed by atoms with Crippen LogP contribution in [0.1, 0.15) is 0 Å². The second-order valence-corrected chi connectivity index (χ2v) is 4.83. The molecule has 0 bridgehead atoms. The number of hydrogen-bond acceptors (Lipinski definition) is 3. The molecule has 0 spiro atoms. The van der Waals surface area contributed by atoms with E-state index < -0.39 is 3.92 Å². The standard InChI is InChI=1S/C5H5Cl2FN2OS/c6-5(7,8)12-4-1-9-10(2-4)3-11/h1-2,11H,3H2. The van der Waals surface area contributed by atoms with Crippen molar-refractivity contribution in [1.82, 2.24) is 9.78 Å². The first kappa shape index (κ1) is 10.1. The van der Waals surface area contributed by atoms with E-state index in [1.807, 2.05) is 0 Å². The zero-order chi connectivity index (χ0) is 9.19. The van der Waals surface area contributed by atoms with Crippen molar-refractivity contribution in [3.63, 3.8) is 0 Å². The van der Waals surface area contributed by atoms with Crippen LogP contribution in [0.25, 0.3) is 0 Å². The van der Waals surface area contributed by atoms with Gasteiger partial charge in [0.25, 0.3) is 0 Å². The van der Waals surface area contributed by atoms with Crippen LogP contribution in [0.15, 0.2) is 17.3 Å². The molecule has 0 aliphatic rings. The second-order valence-electron chi connectivity index (χ2n) is 1.90. The lowest BCUT2D eigenvalue weighted by molar-refractivity contribution is 0.195. The second kappa shape index (κ2) is 3.83. The Kier molecular flexibility index (Phi) is 3.22. The molecule has 3 nitrogen and oxygen atoms in total. The minimum absolute atomic E-state index is 0.260. The van der Waals surface area contributed by atoms with Crippen LogP contribution in [-0.2, 0) is 6.73 Å². The van der Waals surface area contributed by atoms with Gasteiger partial charge in [0, 0.05) is 6.20 Å². The zero-order valence-corrected chi connectivity index (χ0v) is 8.07. The number of aromatic nitrogens is 2. The summed E-state index contributed by atoms with van der Waals surface area (Å²) < 4.78 is 11.4. The molecule has 0 radical (unpaired) electrons. The molecule has 0 saturated carbocycles. The molecule has 0 saturated heterocycles. The third-order valence-electron chi connectivity index (χ3n) is 0.988. The number of aliphatic hydroxyl groups excluding tert-OH is 1.